The van der Waals surface area contributed by atoms with Crippen molar-refractivity contribution < 1.29 is 40.7 Å². The van der Waals surface area contributed by atoms with E-state index in [1.807, 2.05) is 6.92 Å². The summed E-state index contributed by atoms with van der Waals surface area (Å²) in [5, 5.41) is 4.82. The quantitative estimate of drug-likeness (QED) is 0.392. The highest BCUT2D eigenvalue weighted by molar-refractivity contribution is 6.19. The van der Waals surface area contributed by atoms with Crippen molar-refractivity contribution in [3.63, 3.8) is 0 Å². The van der Waals surface area contributed by atoms with Crippen LogP contribution in [-0.2, 0) is 14.4 Å². The van der Waals surface area contributed by atoms with Gasteiger partial charge in [-0.2, -0.15) is 26.3 Å². The number of carbonyl (C=O) groups excluding carboxylic acids is 3. The summed E-state index contributed by atoms with van der Waals surface area (Å²) in [5.74, 6) is -7.19. The van der Waals surface area contributed by atoms with Gasteiger partial charge < -0.3 is 16.4 Å². The molecular formula is C26H26F6N4O3. The molecule has 7 nitrogen and oxygen atoms in total. The second kappa shape index (κ2) is 11.9. The van der Waals surface area contributed by atoms with Crippen LogP contribution in [0, 0.1) is 18.8 Å². The number of aliphatic imine (C=N–C) groups is 1. The van der Waals surface area contributed by atoms with Crippen molar-refractivity contribution in [3.8, 4) is 0 Å². The van der Waals surface area contributed by atoms with E-state index in [0.29, 0.717) is 16.8 Å². The van der Waals surface area contributed by atoms with Crippen molar-refractivity contribution in [1.82, 2.24) is 5.32 Å². The Hall–Kier alpha value is -3.90. The van der Waals surface area contributed by atoms with Crippen LogP contribution in [0.4, 0.5) is 32.0 Å². The van der Waals surface area contributed by atoms with Crippen molar-refractivity contribution >= 4 is 29.1 Å². The lowest BCUT2D eigenvalue weighted by Crippen LogP contribution is -2.48. The number of benzodiazepines with no additional fused rings is 1. The molecule has 0 aromatic heterocycles. The van der Waals surface area contributed by atoms with Crippen LogP contribution in [0.5, 0.6) is 0 Å². The first-order chi connectivity index (χ1) is 18.1. The Labute approximate surface area is 219 Å². The van der Waals surface area contributed by atoms with Gasteiger partial charge in [0, 0.05) is 35.8 Å². The molecule has 3 rings (SSSR count). The number of benzene rings is 2. The first kappa shape index (κ1) is 29.7. The number of nitrogens with zero attached hydrogens (tertiary/aromatic N) is 1. The topological polar surface area (TPSA) is 114 Å². The molecule has 2 aromatic carbocycles. The lowest BCUT2D eigenvalue weighted by atomic mass is 9.83. The highest BCUT2D eigenvalue weighted by Crippen LogP contribution is 2.33. The molecule has 0 fully saturated rings. The molecule has 2 aromatic rings. The molecule has 210 valence electrons. The number of nitrogens with one attached hydrogen (secondary N) is 2. The number of hydrogen-bond donors (Lipinski definition) is 3. The van der Waals surface area contributed by atoms with Gasteiger partial charge in [0.05, 0.1) is 11.4 Å². The third-order valence-corrected chi connectivity index (χ3v) is 6.22. The van der Waals surface area contributed by atoms with E-state index in [1.165, 1.54) is 0 Å². The standard InChI is InChI=1S/C26H26F6N4O3/c1-14-6-8-15(9-7-14)20-18-4-2-3-5-19(18)34-24(39)22(35-20)36-23(38)17(11-13-26(30,31)32)16(21(33)37)10-12-25(27,28)29/h2-9,16-17,22H,10-13H2,1H3,(H2,33,37)(H,34,39)(H,36,38)/t16-,17+,22-/m1/s1. The van der Waals surface area contributed by atoms with Gasteiger partial charge in [-0.25, -0.2) is 4.99 Å². The van der Waals surface area contributed by atoms with Crippen molar-refractivity contribution in [2.24, 2.45) is 22.6 Å². The van der Waals surface area contributed by atoms with Crippen LogP contribution < -0.4 is 16.4 Å². The highest BCUT2D eigenvalue weighted by Gasteiger charge is 2.40. The zero-order valence-corrected chi connectivity index (χ0v) is 20.7. The van der Waals surface area contributed by atoms with E-state index in [9.17, 15) is 40.7 Å². The number of hydrogen-bond acceptors (Lipinski definition) is 4. The van der Waals surface area contributed by atoms with E-state index in [-0.39, 0.29) is 5.71 Å². The first-order valence-electron chi connectivity index (χ1n) is 11.9. The molecule has 0 saturated heterocycles. The number of para-hydroxylation sites is 1. The third kappa shape index (κ3) is 8.29. The second-order valence-electron chi connectivity index (χ2n) is 9.21. The highest BCUT2D eigenvalue weighted by atomic mass is 19.4. The Morgan fingerprint density at radius 2 is 1.51 bits per heavy atom. The maximum atomic E-state index is 13.2. The van der Waals surface area contributed by atoms with Crippen LogP contribution in [0.15, 0.2) is 53.5 Å². The van der Waals surface area contributed by atoms with Crippen molar-refractivity contribution in [2.75, 3.05) is 5.32 Å². The van der Waals surface area contributed by atoms with Gasteiger partial charge in [-0.15, -0.1) is 0 Å². The van der Waals surface area contributed by atoms with E-state index < -0.39 is 73.8 Å². The van der Waals surface area contributed by atoms with E-state index in [0.717, 1.165) is 5.56 Å². The Balaban J connectivity index is 1.98. The number of anilines is 1. The number of halogens is 6. The lowest BCUT2D eigenvalue weighted by Gasteiger charge is -2.26. The fraction of sp³-hybridized carbons (Fsp3) is 0.385. The number of amides is 3. The van der Waals surface area contributed by atoms with Crippen LogP contribution >= 0.6 is 0 Å². The number of rotatable bonds is 9. The van der Waals surface area contributed by atoms with Gasteiger partial charge in [-0.1, -0.05) is 48.0 Å². The van der Waals surface area contributed by atoms with Crippen LogP contribution in [0.25, 0.3) is 0 Å². The lowest BCUT2D eigenvalue weighted by molar-refractivity contribution is -0.152. The normalized spacial score (nSPS) is 17.3. The largest absolute Gasteiger partial charge is 0.389 e. The van der Waals surface area contributed by atoms with Crippen molar-refractivity contribution in [1.29, 1.82) is 0 Å². The summed E-state index contributed by atoms with van der Waals surface area (Å²) < 4.78 is 77.5. The fourth-order valence-corrected chi connectivity index (χ4v) is 4.23. The van der Waals surface area contributed by atoms with Gasteiger partial charge in [0.15, 0.2) is 0 Å². The maximum absolute atomic E-state index is 13.2. The Morgan fingerprint density at radius 3 is 2.08 bits per heavy atom. The maximum Gasteiger partial charge on any atom is 0.389 e. The molecule has 3 atom stereocenters. The molecule has 1 aliphatic rings. The van der Waals surface area contributed by atoms with Crippen LogP contribution in [-0.4, -0.2) is 42.0 Å². The Bertz CT molecular complexity index is 1240. The zero-order valence-electron chi connectivity index (χ0n) is 20.7. The van der Waals surface area contributed by atoms with E-state index >= 15 is 0 Å². The molecule has 1 aliphatic heterocycles. The minimum absolute atomic E-state index is 0.282. The minimum Gasteiger partial charge on any atom is -0.369 e. The summed E-state index contributed by atoms with van der Waals surface area (Å²) >= 11 is 0. The monoisotopic (exact) mass is 556 g/mol. The summed E-state index contributed by atoms with van der Waals surface area (Å²) in [5.41, 5.74) is 7.86. The average molecular weight is 557 g/mol. The van der Waals surface area contributed by atoms with Crippen LogP contribution in [0.2, 0.25) is 0 Å². The van der Waals surface area contributed by atoms with Crippen LogP contribution in [0.1, 0.15) is 42.4 Å². The molecule has 0 saturated carbocycles. The van der Waals surface area contributed by atoms with Gasteiger partial charge in [-0.05, 0) is 25.8 Å². The van der Waals surface area contributed by atoms with E-state index in [2.05, 4.69) is 15.6 Å². The number of fused-ring (bicyclic) bond motifs is 1. The molecule has 0 spiro atoms. The average Bonchev–Trinajstić information content (AvgIpc) is 2.96. The number of primary amides is 1. The predicted molar refractivity (Wildman–Crippen MR) is 131 cm³/mol. The zero-order chi connectivity index (χ0) is 29.0. The Kier molecular flexibility index (Phi) is 9.03. The molecule has 1 heterocycles. The molecule has 4 N–H and O–H groups in total. The first-order valence-corrected chi connectivity index (χ1v) is 11.9. The molecular weight excluding hydrogens is 530 g/mol. The molecule has 0 aliphatic carbocycles. The van der Waals surface area contributed by atoms with Gasteiger partial charge >= 0.3 is 12.4 Å². The number of alkyl halides is 6. The van der Waals surface area contributed by atoms with Crippen molar-refractivity contribution in [2.45, 2.75) is 51.1 Å². The smallest absolute Gasteiger partial charge is 0.369 e. The van der Waals surface area contributed by atoms with Gasteiger partial charge in [0.1, 0.15) is 0 Å². The SMILES string of the molecule is Cc1ccc(C2=N[C@H](NC(=O)[C@@H](CCC(F)(F)F)[C@@H](CCC(F)(F)F)C(N)=O)C(=O)Nc3ccccc32)cc1. The summed E-state index contributed by atoms with van der Waals surface area (Å²) in [6, 6.07) is 13.6. The van der Waals surface area contributed by atoms with Gasteiger partial charge in [0.25, 0.3) is 5.91 Å². The van der Waals surface area contributed by atoms with Gasteiger partial charge in [0.2, 0.25) is 18.0 Å². The molecule has 0 bridgehead atoms. The summed E-state index contributed by atoms with van der Waals surface area (Å²) in [6.45, 7) is 1.86. The number of aryl methyl sites for hydroxylation is 1. The van der Waals surface area contributed by atoms with Gasteiger partial charge in [-0.3, -0.25) is 14.4 Å². The summed E-state index contributed by atoms with van der Waals surface area (Å²) in [7, 11) is 0. The minimum atomic E-state index is -4.76. The molecule has 3 amide bonds. The van der Waals surface area contributed by atoms with Crippen LogP contribution in [0.3, 0.4) is 0 Å². The number of carbonyl (C=O) groups is 3. The molecule has 0 unspecified atom stereocenters. The van der Waals surface area contributed by atoms with E-state index in [1.54, 1.807) is 48.5 Å². The summed E-state index contributed by atoms with van der Waals surface area (Å²) in [6.07, 6.45) is -16.3. The second-order valence-corrected chi connectivity index (χ2v) is 9.21. The molecule has 0 radical (unpaired) electrons. The fourth-order valence-electron chi connectivity index (χ4n) is 4.23. The Morgan fingerprint density at radius 1 is 0.949 bits per heavy atom. The number of nitrogens with two attached hydrogens (primary N) is 1. The predicted octanol–water partition coefficient (Wildman–Crippen LogP) is 4.63. The van der Waals surface area contributed by atoms with Crippen molar-refractivity contribution in [3.05, 3.63) is 65.2 Å². The molecule has 39 heavy (non-hydrogen) atoms. The molecule has 13 heteroatoms. The third-order valence-electron chi connectivity index (χ3n) is 6.22. The summed E-state index contributed by atoms with van der Waals surface area (Å²) in [4.78, 5) is 42.6. The van der Waals surface area contributed by atoms with E-state index in [4.69, 9.17) is 5.73 Å².